The van der Waals surface area contributed by atoms with Crippen LogP contribution >= 0.6 is 23.2 Å². The topological polar surface area (TPSA) is 116 Å². The van der Waals surface area contributed by atoms with E-state index in [0.29, 0.717) is 21.4 Å². The minimum absolute atomic E-state index is 0.0289. The number of hydrogen-bond donors (Lipinski definition) is 4. The standard InChI is InChI=1S/C22H19Cl2N5O3/c1-10-3-11(2)5-14(4-10)25-20(31)16-9-17(30)27-19-18(16)21(32)29-22(28-19)26-15-7-12(23)6-13(24)8-15/h3-8,16H,9H2,1-2H3,(H,25,31)(H3,26,27,28,29,30,32)/t16-/m1/s1. The number of aromatic nitrogens is 2. The molecule has 0 saturated carbocycles. The van der Waals surface area contributed by atoms with Crippen molar-refractivity contribution < 1.29 is 9.59 Å². The second kappa shape index (κ2) is 8.64. The zero-order valence-electron chi connectivity index (χ0n) is 17.2. The van der Waals surface area contributed by atoms with Crippen molar-refractivity contribution in [3.63, 3.8) is 0 Å². The number of hydrogen-bond acceptors (Lipinski definition) is 5. The van der Waals surface area contributed by atoms with E-state index >= 15 is 0 Å². The van der Waals surface area contributed by atoms with Crippen LogP contribution in [0.25, 0.3) is 0 Å². The van der Waals surface area contributed by atoms with Gasteiger partial charge in [-0.25, -0.2) is 0 Å². The van der Waals surface area contributed by atoms with Gasteiger partial charge in [-0.1, -0.05) is 29.3 Å². The second-order valence-electron chi connectivity index (χ2n) is 7.63. The van der Waals surface area contributed by atoms with Gasteiger partial charge in [0.05, 0.1) is 11.5 Å². The summed E-state index contributed by atoms with van der Waals surface area (Å²) >= 11 is 12.0. The van der Waals surface area contributed by atoms with Gasteiger partial charge in [-0.3, -0.25) is 19.4 Å². The molecule has 1 atom stereocenters. The van der Waals surface area contributed by atoms with Crippen molar-refractivity contribution >= 4 is 58.2 Å². The highest BCUT2D eigenvalue weighted by molar-refractivity contribution is 6.35. The molecule has 3 aromatic rings. The molecular formula is C22H19Cl2N5O3. The summed E-state index contributed by atoms with van der Waals surface area (Å²) < 4.78 is 0. The SMILES string of the molecule is Cc1cc(C)cc(NC(=O)[C@@H]2CC(=O)Nc3nc(Nc4cc(Cl)cc(Cl)c4)[nH]c(=O)c32)c1. The predicted molar refractivity (Wildman–Crippen MR) is 125 cm³/mol. The number of aromatic amines is 1. The molecule has 1 aliphatic heterocycles. The summed E-state index contributed by atoms with van der Waals surface area (Å²) in [5.74, 6) is -1.75. The van der Waals surface area contributed by atoms with E-state index in [1.807, 2.05) is 32.0 Å². The second-order valence-corrected chi connectivity index (χ2v) is 8.50. The van der Waals surface area contributed by atoms with Crippen LogP contribution in [-0.4, -0.2) is 21.8 Å². The van der Waals surface area contributed by atoms with Gasteiger partial charge in [0, 0.05) is 27.8 Å². The summed E-state index contributed by atoms with van der Waals surface area (Å²) in [5.41, 5.74) is 2.63. The van der Waals surface area contributed by atoms with Gasteiger partial charge >= 0.3 is 0 Å². The van der Waals surface area contributed by atoms with E-state index in [9.17, 15) is 14.4 Å². The molecule has 0 unspecified atom stereocenters. The first-order valence-corrected chi connectivity index (χ1v) is 10.5. The molecule has 10 heteroatoms. The summed E-state index contributed by atoms with van der Waals surface area (Å²) in [6, 6.07) is 10.4. The van der Waals surface area contributed by atoms with Crippen LogP contribution in [0.15, 0.2) is 41.2 Å². The van der Waals surface area contributed by atoms with Crippen LogP contribution < -0.4 is 21.5 Å². The molecule has 1 aliphatic rings. The van der Waals surface area contributed by atoms with Crippen molar-refractivity contribution in [1.29, 1.82) is 0 Å². The van der Waals surface area contributed by atoms with Gasteiger partial charge in [0.2, 0.25) is 17.8 Å². The molecule has 8 nitrogen and oxygen atoms in total. The zero-order valence-corrected chi connectivity index (χ0v) is 18.7. The molecule has 2 amide bonds. The van der Waals surface area contributed by atoms with Crippen LogP contribution in [-0.2, 0) is 9.59 Å². The van der Waals surface area contributed by atoms with Crippen molar-refractivity contribution in [2.45, 2.75) is 26.2 Å². The van der Waals surface area contributed by atoms with Crippen molar-refractivity contribution in [3.05, 3.63) is 73.5 Å². The normalized spacial score (nSPS) is 15.0. The molecule has 164 valence electrons. The van der Waals surface area contributed by atoms with Gasteiger partial charge in [0.1, 0.15) is 5.82 Å². The highest BCUT2D eigenvalue weighted by atomic mass is 35.5. The number of nitrogens with one attached hydrogen (secondary N) is 4. The van der Waals surface area contributed by atoms with Gasteiger partial charge in [0.15, 0.2) is 0 Å². The Morgan fingerprint density at radius 1 is 1.00 bits per heavy atom. The van der Waals surface area contributed by atoms with E-state index in [-0.39, 0.29) is 23.8 Å². The Bertz CT molecular complexity index is 1260. The fraction of sp³-hybridized carbons (Fsp3) is 0.182. The number of aryl methyl sites for hydroxylation is 2. The van der Waals surface area contributed by atoms with Gasteiger partial charge < -0.3 is 16.0 Å². The quantitative estimate of drug-likeness (QED) is 0.446. The highest BCUT2D eigenvalue weighted by Gasteiger charge is 2.34. The summed E-state index contributed by atoms with van der Waals surface area (Å²) in [4.78, 5) is 45.0. The van der Waals surface area contributed by atoms with Crippen LogP contribution in [0.1, 0.15) is 29.0 Å². The number of anilines is 4. The molecule has 4 N–H and O–H groups in total. The Balaban J connectivity index is 1.65. The maximum atomic E-state index is 13.0. The smallest absolute Gasteiger partial charge is 0.258 e. The first-order valence-electron chi connectivity index (χ1n) is 9.74. The van der Waals surface area contributed by atoms with Gasteiger partial charge in [-0.2, -0.15) is 4.98 Å². The van der Waals surface area contributed by atoms with Crippen molar-refractivity contribution in [2.24, 2.45) is 0 Å². The Morgan fingerprint density at radius 2 is 1.66 bits per heavy atom. The molecule has 2 aromatic carbocycles. The molecular weight excluding hydrogens is 453 g/mol. The lowest BCUT2D eigenvalue weighted by atomic mass is 9.92. The first-order chi connectivity index (χ1) is 15.2. The van der Waals surface area contributed by atoms with E-state index in [4.69, 9.17) is 23.2 Å². The van der Waals surface area contributed by atoms with Gasteiger partial charge in [0.25, 0.3) is 5.56 Å². The predicted octanol–water partition coefficient (Wildman–Crippen LogP) is 4.50. The van der Waals surface area contributed by atoms with E-state index < -0.39 is 23.3 Å². The number of rotatable bonds is 4. The van der Waals surface area contributed by atoms with Crippen LogP contribution in [0.5, 0.6) is 0 Å². The van der Waals surface area contributed by atoms with Crippen LogP contribution in [0, 0.1) is 13.8 Å². The first kappa shape index (κ1) is 21.9. The summed E-state index contributed by atoms with van der Waals surface area (Å²) in [6.07, 6.45) is -0.162. The fourth-order valence-corrected chi connectivity index (χ4v) is 4.22. The zero-order chi connectivity index (χ0) is 23.0. The highest BCUT2D eigenvalue weighted by Crippen LogP contribution is 2.31. The molecule has 0 bridgehead atoms. The lowest BCUT2D eigenvalue weighted by Crippen LogP contribution is -2.36. The molecule has 0 fully saturated rings. The molecule has 1 aromatic heterocycles. The number of nitrogens with zero attached hydrogens (tertiary/aromatic N) is 1. The number of halogens is 2. The Kier molecular flexibility index (Phi) is 5.90. The molecule has 2 heterocycles. The maximum Gasteiger partial charge on any atom is 0.258 e. The molecule has 0 saturated heterocycles. The molecule has 0 spiro atoms. The Morgan fingerprint density at radius 3 is 2.31 bits per heavy atom. The Labute approximate surface area is 193 Å². The molecule has 0 radical (unpaired) electrons. The number of benzene rings is 2. The average Bonchev–Trinajstić information content (AvgIpc) is 2.65. The number of H-pyrrole nitrogens is 1. The number of fused-ring (bicyclic) bond motifs is 1. The molecule has 4 rings (SSSR count). The molecule has 0 aliphatic carbocycles. The summed E-state index contributed by atoms with van der Waals surface area (Å²) in [7, 11) is 0. The van der Waals surface area contributed by atoms with Crippen molar-refractivity contribution in [2.75, 3.05) is 16.0 Å². The minimum atomic E-state index is -0.981. The van der Waals surface area contributed by atoms with E-state index in [0.717, 1.165) is 11.1 Å². The monoisotopic (exact) mass is 471 g/mol. The van der Waals surface area contributed by atoms with Crippen LogP contribution in [0.2, 0.25) is 10.0 Å². The van der Waals surface area contributed by atoms with Crippen LogP contribution in [0.4, 0.5) is 23.1 Å². The lowest BCUT2D eigenvalue weighted by Gasteiger charge is -2.24. The van der Waals surface area contributed by atoms with E-state index in [2.05, 4.69) is 25.9 Å². The van der Waals surface area contributed by atoms with Crippen molar-refractivity contribution in [3.8, 4) is 0 Å². The minimum Gasteiger partial charge on any atom is -0.326 e. The van der Waals surface area contributed by atoms with E-state index in [1.165, 1.54) is 0 Å². The van der Waals surface area contributed by atoms with E-state index in [1.54, 1.807) is 18.2 Å². The summed E-state index contributed by atoms with van der Waals surface area (Å²) in [6.45, 7) is 3.84. The third-order valence-corrected chi connectivity index (χ3v) is 5.32. The van der Waals surface area contributed by atoms with Gasteiger partial charge in [-0.05, 0) is 55.3 Å². The summed E-state index contributed by atoms with van der Waals surface area (Å²) in [5, 5.41) is 9.08. The average molecular weight is 472 g/mol. The third kappa shape index (κ3) is 4.76. The number of carbonyl (C=O) groups excluding carboxylic acids is 2. The number of carbonyl (C=O) groups is 2. The maximum absolute atomic E-state index is 13.0. The Hall–Kier alpha value is -3.36. The van der Waals surface area contributed by atoms with Crippen molar-refractivity contribution in [1.82, 2.24) is 9.97 Å². The lowest BCUT2D eigenvalue weighted by molar-refractivity contribution is -0.123. The number of amides is 2. The molecule has 32 heavy (non-hydrogen) atoms. The van der Waals surface area contributed by atoms with Crippen LogP contribution in [0.3, 0.4) is 0 Å². The largest absolute Gasteiger partial charge is 0.326 e. The fourth-order valence-electron chi connectivity index (χ4n) is 3.69. The van der Waals surface area contributed by atoms with Gasteiger partial charge in [-0.15, -0.1) is 0 Å². The third-order valence-electron chi connectivity index (χ3n) is 4.88.